The first-order valence-corrected chi connectivity index (χ1v) is 3.35. The number of hydrogen-bond donors (Lipinski definition) is 0. The monoisotopic (exact) mass is 391 g/mol. The van der Waals surface area contributed by atoms with Gasteiger partial charge in [0.2, 0.25) is 0 Å². The molecule has 0 aliphatic carbocycles. The first-order chi connectivity index (χ1) is 4.97. The summed E-state index contributed by atoms with van der Waals surface area (Å²) in [7, 11) is 0. The van der Waals surface area contributed by atoms with Crippen LogP contribution >= 0.6 is 0 Å². The number of rotatable bonds is 0. The van der Waals surface area contributed by atoms with Crippen molar-refractivity contribution in [3.8, 4) is 5.75 Å². The number of benzene rings is 1. The summed E-state index contributed by atoms with van der Waals surface area (Å²) >= 11 is 0. The second-order valence-electron chi connectivity index (χ2n) is 2.25. The molecule has 0 saturated heterocycles. The fraction of sp³-hybridized carbons (Fsp3) is 0.111. The van der Waals surface area contributed by atoms with Crippen LogP contribution in [0.2, 0.25) is 0 Å². The maximum absolute atomic E-state index is 5.34. The average molecular weight is 391 g/mol. The number of fused-ring (bicyclic) bond motifs is 1. The molecule has 0 fully saturated rings. The van der Waals surface area contributed by atoms with Gasteiger partial charge in [-0.15, -0.1) is 0 Å². The second kappa shape index (κ2) is 7.71. The van der Waals surface area contributed by atoms with Crippen LogP contribution in [0.3, 0.4) is 0 Å². The normalized spacial score (nSPS) is 10.8. The smallest absolute Gasteiger partial charge is 0.126 e. The zero-order valence-corrected chi connectivity index (χ0v) is 12.4. The molecule has 1 heterocycles. The fourth-order valence-electron chi connectivity index (χ4n) is 1.06. The van der Waals surface area contributed by atoms with Crippen LogP contribution in [0.25, 0.3) is 6.08 Å². The topological polar surface area (TPSA) is 40.7 Å². The van der Waals surface area contributed by atoms with E-state index in [1.165, 1.54) is 5.56 Å². The molecule has 2 nitrogen and oxygen atoms in total. The van der Waals surface area contributed by atoms with Crippen molar-refractivity contribution >= 4 is 54.4 Å². The van der Waals surface area contributed by atoms with E-state index in [9.17, 15) is 0 Å². The van der Waals surface area contributed by atoms with Crippen molar-refractivity contribution in [2.24, 2.45) is 0 Å². The zero-order valence-electron chi connectivity index (χ0n) is 7.03. The van der Waals surface area contributed by atoms with Gasteiger partial charge in [-0.3, -0.25) is 0 Å². The van der Waals surface area contributed by atoms with Crippen LogP contribution < -0.4 is 4.74 Å². The molecule has 2 rings (SSSR count). The predicted octanol–water partition coefficient (Wildman–Crippen LogP) is 0.506. The molecule has 0 amide bonds. The van der Waals surface area contributed by atoms with Crippen LogP contribution in [0.5, 0.6) is 5.75 Å². The Morgan fingerprint density at radius 2 is 1.85 bits per heavy atom. The summed E-state index contributed by atoms with van der Waals surface area (Å²) in [5.41, 5.74) is 1.17. The van der Waals surface area contributed by atoms with Crippen LogP contribution in [0.1, 0.15) is 5.56 Å². The zero-order chi connectivity index (χ0) is 6.81. The standard InChI is InChI=1S/C9H8O.H2O.Sb.Sn/c1-2-6-9-8(4-1)5-3-7-10-9;;;/h1-6H,7H2;1H2;;. The Labute approximate surface area is 112 Å². The van der Waals surface area contributed by atoms with Gasteiger partial charge in [0.25, 0.3) is 0 Å². The van der Waals surface area contributed by atoms with E-state index in [-0.39, 0.29) is 53.8 Å². The third kappa shape index (κ3) is 3.92. The largest absolute Gasteiger partial charge is 0.489 e. The summed E-state index contributed by atoms with van der Waals surface area (Å²) in [4.78, 5) is 0. The Bertz CT molecular complexity index is 276. The Morgan fingerprint density at radius 1 is 1.15 bits per heavy atom. The van der Waals surface area contributed by atoms with Gasteiger partial charge in [-0.25, -0.2) is 0 Å². The van der Waals surface area contributed by atoms with Gasteiger partial charge in [-0.05, 0) is 12.1 Å². The molecule has 1 aliphatic heterocycles. The maximum atomic E-state index is 5.34. The van der Waals surface area contributed by atoms with E-state index >= 15 is 0 Å². The third-order valence-corrected chi connectivity index (χ3v) is 1.55. The number of hydrogen-bond acceptors (Lipinski definition) is 1. The number of para-hydroxylation sites is 1. The molecule has 0 unspecified atom stereocenters. The maximum Gasteiger partial charge on any atom is 0.126 e. The van der Waals surface area contributed by atoms with E-state index in [4.69, 9.17) is 4.74 Å². The molecule has 0 aromatic heterocycles. The van der Waals surface area contributed by atoms with Crippen LogP contribution in [-0.2, 0) is 0 Å². The molecule has 0 saturated carbocycles. The minimum absolute atomic E-state index is 0. The summed E-state index contributed by atoms with van der Waals surface area (Å²) < 4.78 is 5.34. The van der Waals surface area contributed by atoms with Crippen LogP contribution in [-0.4, -0.2) is 60.4 Å². The SMILES string of the molecule is C1=Cc2ccccc2OC1.O.[Sb].[Sn]. The van der Waals surface area contributed by atoms with Gasteiger partial charge in [0, 0.05) is 53.9 Å². The fourth-order valence-corrected chi connectivity index (χ4v) is 1.06. The summed E-state index contributed by atoms with van der Waals surface area (Å²) in [6.07, 6.45) is 4.10. The van der Waals surface area contributed by atoms with Crippen LogP contribution in [0, 0.1) is 0 Å². The molecule has 2 N–H and O–H groups in total. The summed E-state index contributed by atoms with van der Waals surface area (Å²) in [6.45, 7) is 0.705. The second-order valence-corrected chi connectivity index (χ2v) is 2.25. The Hall–Kier alpha value is 0.337. The van der Waals surface area contributed by atoms with E-state index in [0.29, 0.717) is 6.61 Å². The van der Waals surface area contributed by atoms with E-state index < -0.39 is 0 Å². The van der Waals surface area contributed by atoms with Crippen LogP contribution in [0.15, 0.2) is 30.3 Å². The molecule has 0 bridgehead atoms. The van der Waals surface area contributed by atoms with Gasteiger partial charge >= 0.3 is 0 Å². The molecule has 1 aromatic rings. The van der Waals surface area contributed by atoms with Crippen molar-refractivity contribution < 1.29 is 10.2 Å². The predicted molar refractivity (Wildman–Crippen MR) is 56.1 cm³/mol. The van der Waals surface area contributed by atoms with Crippen molar-refractivity contribution in [3.63, 3.8) is 0 Å². The Morgan fingerprint density at radius 3 is 2.54 bits per heavy atom. The quantitative estimate of drug-likeness (QED) is 0.595. The summed E-state index contributed by atoms with van der Waals surface area (Å²) in [6, 6.07) is 8.03. The molecular weight excluding hydrogens is 381 g/mol. The molecule has 0 spiro atoms. The average Bonchev–Trinajstić information content (AvgIpc) is 2.05. The first kappa shape index (κ1) is 15.8. The minimum atomic E-state index is 0. The first-order valence-electron chi connectivity index (χ1n) is 3.35. The molecule has 1 aliphatic rings. The van der Waals surface area contributed by atoms with Gasteiger partial charge in [0.1, 0.15) is 12.4 Å². The van der Waals surface area contributed by atoms with Crippen molar-refractivity contribution in [1.29, 1.82) is 0 Å². The van der Waals surface area contributed by atoms with Gasteiger partial charge in [0.05, 0.1) is 0 Å². The molecular formula is C9H10O2SbSn. The Kier molecular flexibility index (Phi) is 9.37. The molecule has 67 valence electrons. The van der Waals surface area contributed by atoms with Gasteiger partial charge in [-0.1, -0.05) is 24.3 Å². The van der Waals surface area contributed by atoms with Gasteiger partial charge in [-0.2, -0.15) is 0 Å². The summed E-state index contributed by atoms with van der Waals surface area (Å²) in [5.74, 6) is 0.991. The molecule has 1 aromatic carbocycles. The molecule has 7 radical (unpaired) electrons. The van der Waals surface area contributed by atoms with E-state index in [0.717, 1.165) is 5.75 Å². The Balaban J connectivity index is 0. The van der Waals surface area contributed by atoms with Gasteiger partial charge in [0.15, 0.2) is 0 Å². The van der Waals surface area contributed by atoms with Crippen molar-refractivity contribution in [1.82, 2.24) is 0 Å². The van der Waals surface area contributed by atoms with E-state index in [1.54, 1.807) is 0 Å². The third-order valence-electron chi connectivity index (χ3n) is 1.55. The minimum Gasteiger partial charge on any atom is -0.489 e. The van der Waals surface area contributed by atoms with E-state index in [2.05, 4.69) is 6.08 Å². The molecule has 13 heavy (non-hydrogen) atoms. The number of ether oxygens (including phenoxy) is 1. The molecule has 0 atom stereocenters. The van der Waals surface area contributed by atoms with E-state index in [1.807, 2.05) is 30.3 Å². The van der Waals surface area contributed by atoms with Gasteiger partial charge < -0.3 is 10.2 Å². The van der Waals surface area contributed by atoms with Crippen LogP contribution in [0.4, 0.5) is 0 Å². The van der Waals surface area contributed by atoms with Crippen molar-refractivity contribution in [2.75, 3.05) is 6.61 Å². The van der Waals surface area contributed by atoms with Crippen molar-refractivity contribution in [2.45, 2.75) is 0 Å². The summed E-state index contributed by atoms with van der Waals surface area (Å²) in [5, 5.41) is 0. The molecule has 4 heteroatoms. The van der Waals surface area contributed by atoms with Crippen molar-refractivity contribution in [3.05, 3.63) is 35.9 Å².